The highest BCUT2D eigenvalue weighted by molar-refractivity contribution is 7.99. The van der Waals surface area contributed by atoms with Crippen LogP contribution in [0.4, 0.5) is 0 Å². The van der Waals surface area contributed by atoms with Gasteiger partial charge in [0.05, 0.1) is 6.10 Å². The molecule has 0 saturated heterocycles. The molecule has 21 heavy (non-hydrogen) atoms. The predicted octanol–water partition coefficient (Wildman–Crippen LogP) is 4.22. The van der Waals surface area contributed by atoms with Crippen LogP contribution < -0.4 is 5.32 Å². The summed E-state index contributed by atoms with van der Waals surface area (Å²) in [6.45, 7) is 5.24. The van der Waals surface area contributed by atoms with Gasteiger partial charge in [0.25, 0.3) is 0 Å². The quantitative estimate of drug-likeness (QED) is 0.705. The molecule has 118 valence electrons. The number of rotatable bonds is 8. The second-order valence-corrected chi connectivity index (χ2v) is 7.63. The van der Waals surface area contributed by atoms with Crippen molar-refractivity contribution in [2.75, 3.05) is 5.75 Å². The van der Waals surface area contributed by atoms with E-state index in [1.807, 2.05) is 0 Å². The van der Waals surface area contributed by atoms with Crippen molar-refractivity contribution < 1.29 is 5.11 Å². The van der Waals surface area contributed by atoms with Gasteiger partial charge in [0.1, 0.15) is 0 Å². The molecular formula is C18H29NOS. The highest BCUT2D eigenvalue weighted by atomic mass is 32.2. The second-order valence-electron chi connectivity index (χ2n) is 6.53. The van der Waals surface area contributed by atoms with Crippen molar-refractivity contribution in [3.8, 4) is 0 Å². The molecule has 1 saturated carbocycles. The van der Waals surface area contributed by atoms with Crippen molar-refractivity contribution in [2.45, 2.75) is 69.5 Å². The molecule has 1 aliphatic carbocycles. The molecule has 0 heterocycles. The van der Waals surface area contributed by atoms with E-state index in [-0.39, 0.29) is 6.10 Å². The first kappa shape index (κ1) is 16.9. The molecule has 1 fully saturated rings. The smallest absolute Gasteiger partial charge is 0.0636 e. The van der Waals surface area contributed by atoms with Crippen molar-refractivity contribution in [3.05, 3.63) is 29.8 Å². The number of nitrogens with one attached hydrogen (secondary N) is 1. The van der Waals surface area contributed by atoms with Crippen LogP contribution in [0, 0.1) is 5.92 Å². The molecule has 0 bridgehead atoms. The van der Waals surface area contributed by atoms with E-state index >= 15 is 0 Å². The van der Waals surface area contributed by atoms with Crippen LogP contribution >= 0.6 is 11.8 Å². The Bertz CT molecular complexity index is 415. The molecule has 0 amide bonds. The average molecular weight is 308 g/mol. The lowest BCUT2D eigenvalue weighted by molar-refractivity contribution is 0.166. The van der Waals surface area contributed by atoms with E-state index < -0.39 is 0 Å². The zero-order valence-electron chi connectivity index (χ0n) is 13.3. The molecule has 0 radical (unpaired) electrons. The Hall–Kier alpha value is -0.510. The number of hydrogen-bond donors (Lipinski definition) is 2. The van der Waals surface area contributed by atoms with Gasteiger partial charge in [0.2, 0.25) is 0 Å². The molecule has 0 aliphatic heterocycles. The monoisotopic (exact) mass is 307 g/mol. The van der Waals surface area contributed by atoms with Crippen LogP contribution in [0.25, 0.3) is 0 Å². The number of benzene rings is 1. The summed E-state index contributed by atoms with van der Waals surface area (Å²) < 4.78 is 0. The Morgan fingerprint density at radius 1 is 1.29 bits per heavy atom. The van der Waals surface area contributed by atoms with Gasteiger partial charge in [0, 0.05) is 23.2 Å². The number of hydrogen-bond acceptors (Lipinski definition) is 3. The molecule has 2 rings (SSSR count). The summed E-state index contributed by atoms with van der Waals surface area (Å²) in [5, 5.41) is 13.6. The second kappa shape index (κ2) is 8.82. The van der Waals surface area contributed by atoms with Gasteiger partial charge >= 0.3 is 0 Å². The van der Waals surface area contributed by atoms with Gasteiger partial charge in [-0.25, -0.2) is 0 Å². The van der Waals surface area contributed by atoms with Gasteiger partial charge in [-0.3, -0.25) is 0 Å². The van der Waals surface area contributed by atoms with Crippen molar-refractivity contribution in [2.24, 2.45) is 5.92 Å². The molecule has 1 aromatic carbocycles. The van der Waals surface area contributed by atoms with Crippen molar-refractivity contribution in [3.63, 3.8) is 0 Å². The van der Waals surface area contributed by atoms with Crippen LogP contribution in [0.2, 0.25) is 0 Å². The lowest BCUT2D eigenvalue weighted by atomic mass is 10.0. The van der Waals surface area contributed by atoms with Gasteiger partial charge in [-0.1, -0.05) is 51.7 Å². The van der Waals surface area contributed by atoms with E-state index in [1.165, 1.54) is 36.1 Å². The van der Waals surface area contributed by atoms with Crippen LogP contribution in [0.3, 0.4) is 0 Å². The van der Waals surface area contributed by atoms with Gasteiger partial charge in [0.15, 0.2) is 0 Å². The van der Waals surface area contributed by atoms with Gasteiger partial charge in [-0.05, 0) is 30.0 Å². The fourth-order valence-corrected chi connectivity index (χ4v) is 3.89. The first-order valence-electron chi connectivity index (χ1n) is 8.26. The Kier molecular flexibility index (Phi) is 7.08. The third-order valence-corrected chi connectivity index (χ3v) is 5.27. The Morgan fingerprint density at radius 2 is 2.05 bits per heavy atom. The summed E-state index contributed by atoms with van der Waals surface area (Å²) >= 11 is 1.78. The third kappa shape index (κ3) is 6.41. The SMILES string of the molecule is CC(C)NCc1cccc(SCC(O)CC2CCCC2)c1. The molecule has 0 spiro atoms. The van der Waals surface area contributed by atoms with Crippen LogP contribution in [0.1, 0.15) is 51.5 Å². The zero-order valence-corrected chi connectivity index (χ0v) is 14.2. The van der Waals surface area contributed by atoms with Crippen LogP contribution in [0.15, 0.2) is 29.2 Å². The molecule has 1 aliphatic rings. The van der Waals surface area contributed by atoms with E-state index in [1.54, 1.807) is 11.8 Å². The Labute approximate surface area is 133 Å². The maximum atomic E-state index is 10.2. The number of aliphatic hydroxyl groups excluding tert-OH is 1. The van der Waals surface area contributed by atoms with Gasteiger partial charge < -0.3 is 10.4 Å². The Balaban J connectivity index is 1.75. The average Bonchev–Trinajstić information content (AvgIpc) is 2.96. The zero-order chi connectivity index (χ0) is 15.1. The lowest BCUT2D eigenvalue weighted by Gasteiger charge is -2.15. The van der Waals surface area contributed by atoms with Crippen molar-refractivity contribution in [1.29, 1.82) is 0 Å². The fraction of sp³-hybridized carbons (Fsp3) is 0.667. The molecule has 2 nitrogen and oxygen atoms in total. The summed E-state index contributed by atoms with van der Waals surface area (Å²) in [7, 11) is 0. The van der Waals surface area contributed by atoms with E-state index in [4.69, 9.17) is 0 Å². The summed E-state index contributed by atoms with van der Waals surface area (Å²) in [5.74, 6) is 1.58. The molecule has 3 heteroatoms. The first-order valence-corrected chi connectivity index (χ1v) is 9.25. The van der Waals surface area contributed by atoms with Gasteiger partial charge in [-0.15, -0.1) is 11.8 Å². The highest BCUT2D eigenvalue weighted by Crippen LogP contribution is 2.30. The standard InChI is InChI=1S/C18H29NOS/c1-14(2)19-12-16-8-5-9-18(11-16)21-13-17(20)10-15-6-3-4-7-15/h5,8-9,11,14-15,17,19-20H,3-4,6-7,10,12-13H2,1-2H3. The van der Waals surface area contributed by atoms with E-state index in [2.05, 4.69) is 43.4 Å². The molecular weight excluding hydrogens is 278 g/mol. The number of thioether (sulfide) groups is 1. The van der Waals surface area contributed by atoms with Crippen molar-refractivity contribution >= 4 is 11.8 Å². The number of aliphatic hydroxyl groups is 1. The minimum atomic E-state index is -0.157. The topological polar surface area (TPSA) is 32.3 Å². The fourth-order valence-electron chi connectivity index (χ4n) is 2.96. The maximum absolute atomic E-state index is 10.2. The van der Waals surface area contributed by atoms with E-state index in [0.29, 0.717) is 6.04 Å². The minimum absolute atomic E-state index is 0.157. The van der Waals surface area contributed by atoms with Crippen LogP contribution in [-0.4, -0.2) is 23.0 Å². The third-order valence-electron chi connectivity index (χ3n) is 4.14. The van der Waals surface area contributed by atoms with Crippen LogP contribution in [-0.2, 0) is 6.54 Å². The largest absolute Gasteiger partial charge is 0.392 e. The summed E-state index contributed by atoms with van der Waals surface area (Å²) in [4.78, 5) is 1.27. The van der Waals surface area contributed by atoms with Crippen molar-refractivity contribution in [1.82, 2.24) is 5.32 Å². The molecule has 1 atom stereocenters. The van der Waals surface area contributed by atoms with E-state index in [9.17, 15) is 5.11 Å². The lowest BCUT2D eigenvalue weighted by Crippen LogP contribution is -2.21. The van der Waals surface area contributed by atoms with E-state index in [0.717, 1.165) is 24.6 Å². The van der Waals surface area contributed by atoms with Crippen LogP contribution in [0.5, 0.6) is 0 Å². The maximum Gasteiger partial charge on any atom is 0.0636 e. The molecule has 1 aromatic rings. The predicted molar refractivity (Wildman–Crippen MR) is 91.7 cm³/mol. The first-order chi connectivity index (χ1) is 10.1. The Morgan fingerprint density at radius 3 is 2.76 bits per heavy atom. The molecule has 0 aromatic heterocycles. The highest BCUT2D eigenvalue weighted by Gasteiger charge is 2.18. The summed E-state index contributed by atoms with van der Waals surface area (Å²) in [6, 6.07) is 9.17. The minimum Gasteiger partial charge on any atom is -0.392 e. The molecule has 1 unspecified atom stereocenters. The summed E-state index contributed by atoms with van der Waals surface area (Å²) in [6.07, 6.45) is 6.18. The molecule has 2 N–H and O–H groups in total. The van der Waals surface area contributed by atoms with Gasteiger partial charge in [-0.2, -0.15) is 0 Å². The normalized spacial score (nSPS) is 17.5. The summed E-state index contributed by atoms with van der Waals surface area (Å²) in [5.41, 5.74) is 1.32.